The average molecular weight is 230 g/mol. The van der Waals surface area contributed by atoms with Crippen molar-refractivity contribution in [1.29, 1.82) is 0 Å². The molecule has 2 aromatic rings. The lowest BCUT2D eigenvalue weighted by atomic mass is 10.1. The summed E-state index contributed by atoms with van der Waals surface area (Å²) in [7, 11) is 1.70. The Labute approximate surface area is 98.9 Å². The standard InChI is InChI=1S/C13H14N2O2/c1-15-12(6-5-10(8-14)13(15)17)9-3-2-4-11(16)7-9/h2-7,16H,8,14H2,1H3. The third-order valence-electron chi connectivity index (χ3n) is 2.74. The van der Waals surface area contributed by atoms with Gasteiger partial charge in [-0.3, -0.25) is 4.79 Å². The van der Waals surface area contributed by atoms with Crippen LogP contribution < -0.4 is 11.3 Å². The summed E-state index contributed by atoms with van der Waals surface area (Å²) in [5, 5.41) is 9.43. The molecule has 0 aliphatic carbocycles. The van der Waals surface area contributed by atoms with Crippen LogP contribution in [0.2, 0.25) is 0 Å². The highest BCUT2D eigenvalue weighted by atomic mass is 16.3. The van der Waals surface area contributed by atoms with Crippen LogP contribution in [0.4, 0.5) is 0 Å². The van der Waals surface area contributed by atoms with Crippen molar-refractivity contribution < 1.29 is 5.11 Å². The van der Waals surface area contributed by atoms with Crippen molar-refractivity contribution in [1.82, 2.24) is 4.57 Å². The fourth-order valence-corrected chi connectivity index (χ4v) is 1.80. The van der Waals surface area contributed by atoms with Crippen molar-refractivity contribution in [2.75, 3.05) is 0 Å². The predicted molar refractivity (Wildman–Crippen MR) is 66.7 cm³/mol. The molecule has 0 saturated heterocycles. The zero-order valence-electron chi connectivity index (χ0n) is 9.55. The van der Waals surface area contributed by atoms with Gasteiger partial charge < -0.3 is 15.4 Å². The number of phenols is 1. The van der Waals surface area contributed by atoms with Crippen LogP contribution in [0, 0.1) is 0 Å². The Kier molecular flexibility index (Phi) is 2.97. The van der Waals surface area contributed by atoms with Crippen LogP contribution in [0.3, 0.4) is 0 Å². The van der Waals surface area contributed by atoms with Crippen LogP contribution in [0.15, 0.2) is 41.2 Å². The highest BCUT2D eigenvalue weighted by Crippen LogP contribution is 2.21. The number of hydrogen-bond acceptors (Lipinski definition) is 3. The molecule has 3 N–H and O–H groups in total. The molecule has 0 saturated carbocycles. The lowest BCUT2D eigenvalue weighted by Crippen LogP contribution is -2.23. The van der Waals surface area contributed by atoms with Crippen molar-refractivity contribution in [3.8, 4) is 17.0 Å². The van der Waals surface area contributed by atoms with Gasteiger partial charge in [0, 0.05) is 24.7 Å². The minimum atomic E-state index is -0.103. The molecule has 1 aromatic heterocycles. The molecule has 0 atom stereocenters. The second-order valence-electron chi connectivity index (χ2n) is 3.86. The van der Waals surface area contributed by atoms with Crippen molar-refractivity contribution in [2.24, 2.45) is 12.8 Å². The molecule has 0 amide bonds. The molecule has 0 aliphatic rings. The molecule has 0 fully saturated rings. The van der Waals surface area contributed by atoms with E-state index in [1.54, 1.807) is 31.3 Å². The third-order valence-corrected chi connectivity index (χ3v) is 2.74. The molecule has 0 unspecified atom stereocenters. The lowest BCUT2D eigenvalue weighted by Gasteiger charge is -2.10. The van der Waals surface area contributed by atoms with E-state index in [0.29, 0.717) is 5.56 Å². The van der Waals surface area contributed by atoms with Gasteiger partial charge >= 0.3 is 0 Å². The maximum absolute atomic E-state index is 11.9. The minimum Gasteiger partial charge on any atom is -0.508 e. The van der Waals surface area contributed by atoms with E-state index < -0.39 is 0 Å². The second-order valence-corrected chi connectivity index (χ2v) is 3.86. The average Bonchev–Trinajstić information content (AvgIpc) is 2.32. The molecule has 1 aromatic carbocycles. The summed E-state index contributed by atoms with van der Waals surface area (Å²) in [6.45, 7) is 0.229. The van der Waals surface area contributed by atoms with Crippen molar-refractivity contribution in [3.63, 3.8) is 0 Å². The van der Waals surface area contributed by atoms with Gasteiger partial charge in [-0.25, -0.2) is 0 Å². The number of benzene rings is 1. The van der Waals surface area contributed by atoms with Gasteiger partial charge in [0.2, 0.25) is 0 Å². The first-order valence-electron chi connectivity index (χ1n) is 5.32. The van der Waals surface area contributed by atoms with Gasteiger partial charge in [0.15, 0.2) is 0 Å². The molecular formula is C13H14N2O2. The predicted octanol–water partition coefficient (Wildman–Crippen LogP) is 1.22. The smallest absolute Gasteiger partial charge is 0.255 e. The van der Waals surface area contributed by atoms with Crippen molar-refractivity contribution in [3.05, 3.63) is 52.3 Å². The highest BCUT2D eigenvalue weighted by Gasteiger charge is 2.06. The van der Waals surface area contributed by atoms with Gasteiger partial charge in [0.25, 0.3) is 5.56 Å². The van der Waals surface area contributed by atoms with E-state index in [-0.39, 0.29) is 17.9 Å². The van der Waals surface area contributed by atoms with E-state index in [4.69, 9.17) is 5.73 Å². The number of nitrogens with zero attached hydrogens (tertiary/aromatic N) is 1. The third kappa shape index (κ3) is 2.07. The molecule has 2 rings (SSSR count). The number of nitrogens with two attached hydrogens (primary N) is 1. The van der Waals surface area contributed by atoms with Gasteiger partial charge in [-0.1, -0.05) is 18.2 Å². The van der Waals surface area contributed by atoms with E-state index >= 15 is 0 Å². The second kappa shape index (κ2) is 4.43. The Bertz CT molecular complexity index is 603. The van der Waals surface area contributed by atoms with Gasteiger partial charge in [-0.05, 0) is 18.2 Å². The number of rotatable bonds is 2. The summed E-state index contributed by atoms with van der Waals surface area (Å²) in [4.78, 5) is 11.9. The SMILES string of the molecule is Cn1c(-c2cccc(O)c2)ccc(CN)c1=O. The van der Waals surface area contributed by atoms with Crippen LogP contribution in [-0.2, 0) is 13.6 Å². The Morgan fingerprint density at radius 3 is 2.71 bits per heavy atom. The largest absolute Gasteiger partial charge is 0.508 e. The fourth-order valence-electron chi connectivity index (χ4n) is 1.80. The van der Waals surface area contributed by atoms with Crippen molar-refractivity contribution in [2.45, 2.75) is 6.54 Å². The van der Waals surface area contributed by atoms with Gasteiger partial charge in [-0.15, -0.1) is 0 Å². The summed E-state index contributed by atoms with van der Waals surface area (Å²) in [5.41, 5.74) is 7.51. The minimum absolute atomic E-state index is 0.103. The zero-order valence-corrected chi connectivity index (χ0v) is 9.55. The molecule has 17 heavy (non-hydrogen) atoms. The maximum Gasteiger partial charge on any atom is 0.255 e. The summed E-state index contributed by atoms with van der Waals surface area (Å²) in [6, 6.07) is 10.4. The van der Waals surface area contributed by atoms with Gasteiger partial charge in [0.05, 0.1) is 5.69 Å². The molecular weight excluding hydrogens is 216 g/mol. The first-order valence-corrected chi connectivity index (χ1v) is 5.32. The Morgan fingerprint density at radius 1 is 1.29 bits per heavy atom. The maximum atomic E-state index is 11.9. The zero-order chi connectivity index (χ0) is 12.4. The number of pyridine rings is 1. The fraction of sp³-hybridized carbons (Fsp3) is 0.154. The normalized spacial score (nSPS) is 10.5. The number of hydrogen-bond donors (Lipinski definition) is 2. The van der Waals surface area contributed by atoms with E-state index in [1.807, 2.05) is 12.1 Å². The van der Waals surface area contributed by atoms with E-state index in [2.05, 4.69) is 0 Å². The van der Waals surface area contributed by atoms with Crippen LogP contribution in [0.1, 0.15) is 5.56 Å². The number of aromatic nitrogens is 1. The quantitative estimate of drug-likeness (QED) is 0.815. The summed E-state index contributed by atoms with van der Waals surface area (Å²) < 4.78 is 1.54. The van der Waals surface area contributed by atoms with E-state index in [0.717, 1.165) is 11.3 Å². The first kappa shape index (κ1) is 11.4. The molecule has 88 valence electrons. The first-order chi connectivity index (χ1) is 8.13. The van der Waals surface area contributed by atoms with Gasteiger partial charge in [0.1, 0.15) is 5.75 Å². The summed E-state index contributed by atoms with van der Waals surface area (Å²) in [5.74, 6) is 0.179. The summed E-state index contributed by atoms with van der Waals surface area (Å²) >= 11 is 0. The van der Waals surface area contributed by atoms with E-state index in [9.17, 15) is 9.90 Å². The van der Waals surface area contributed by atoms with Crippen LogP contribution >= 0.6 is 0 Å². The molecule has 4 nitrogen and oxygen atoms in total. The van der Waals surface area contributed by atoms with Crippen LogP contribution in [0.25, 0.3) is 11.3 Å². The molecule has 0 aliphatic heterocycles. The molecule has 0 radical (unpaired) electrons. The Hall–Kier alpha value is -2.07. The summed E-state index contributed by atoms with van der Waals surface area (Å²) in [6.07, 6.45) is 0. The van der Waals surface area contributed by atoms with E-state index in [1.165, 1.54) is 4.57 Å². The molecule has 4 heteroatoms. The van der Waals surface area contributed by atoms with Crippen LogP contribution in [0.5, 0.6) is 5.75 Å². The topological polar surface area (TPSA) is 68.2 Å². The van der Waals surface area contributed by atoms with Crippen LogP contribution in [-0.4, -0.2) is 9.67 Å². The highest BCUT2D eigenvalue weighted by molar-refractivity contribution is 5.61. The van der Waals surface area contributed by atoms with Gasteiger partial charge in [-0.2, -0.15) is 0 Å². The number of aromatic hydroxyl groups is 1. The Morgan fingerprint density at radius 2 is 2.06 bits per heavy atom. The monoisotopic (exact) mass is 230 g/mol. The lowest BCUT2D eigenvalue weighted by molar-refractivity contribution is 0.475. The Balaban J connectivity index is 2.62. The van der Waals surface area contributed by atoms with Crippen molar-refractivity contribution >= 4 is 0 Å². The molecule has 0 bridgehead atoms. The number of phenolic OH excluding ortho intramolecular Hbond substituents is 1. The molecule has 0 spiro atoms. The molecule has 1 heterocycles.